The zero-order valence-electron chi connectivity index (χ0n) is 14.0. The van der Waals surface area contributed by atoms with Crippen LogP contribution in [0.4, 0.5) is 0 Å². The molecule has 2 aromatic rings. The van der Waals surface area contributed by atoms with Crippen molar-refractivity contribution < 1.29 is 39.2 Å². The maximum Gasteiger partial charge on any atom is 0.341 e. The molecule has 0 amide bonds. The maximum absolute atomic E-state index is 13.0. The molecule has 3 N–H and O–H groups in total. The molecule has 8 heteroatoms. The van der Waals surface area contributed by atoms with Crippen LogP contribution in [0.1, 0.15) is 47.8 Å². The first kappa shape index (κ1) is 17.3. The summed E-state index contributed by atoms with van der Waals surface area (Å²) in [6, 6.07) is 2.01. The van der Waals surface area contributed by atoms with E-state index in [1.54, 1.807) is 0 Å². The Balaban J connectivity index is 2.38. The minimum atomic E-state index is -0.874. The predicted octanol–water partition coefficient (Wildman–Crippen LogP) is 1.68. The van der Waals surface area contributed by atoms with Crippen molar-refractivity contribution in [1.29, 1.82) is 0 Å². The van der Waals surface area contributed by atoms with E-state index in [9.17, 15) is 29.7 Å². The number of carbonyl (C=O) groups is 3. The average Bonchev–Trinajstić information content (AvgIpc) is 2.58. The number of hydrogen-bond acceptors (Lipinski definition) is 8. The molecule has 0 spiro atoms. The Morgan fingerprint density at radius 2 is 1.50 bits per heavy atom. The lowest BCUT2D eigenvalue weighted by Gasteiger charge is -2.23. The highest BCUT2D eigenvalue weighted by molar-refractivity contribution is 6.31. The van der Waals surface area contributed by atoms with E-state index in [4.69, 9.17) is 4.74 Å². The summed E-state index contributed by atoms with van der Waals surface area (Å²) >= 11 is 0. The van der Waals surface area contributed by atoms with Crippen molar-refractivity contribution in [3.05, 3.63) is 45.5 Å². The standard InChI is InChI=1S/C18H14O8/c1-6-11-7(4-9(19)12(6)18(24)26-3)14(21)8-5-10(20)17(25-2)16(23)13(8)15(11)22/h4-5,19-20,23H,1-3H3. The molecule has 26 heavy (non-hydrogen) atoms. The van der Waals surface area contributed by atoms with E-state index in [1.165, 1.54) is 14.0 Å². The van der Waals surface area contributed by atoms with Gasteiger partial charge in [0.05, 0.1) is 19.8 Å². The molecule has 0 atom stereocenters. The number of aromatic hydroxyl groups is 3. The summed E-state index contributed by atoms with van der Waals surface area (Å²) in [7, 11) is 2.30. The van der Waals surface area contributed by atoms with Gasteiger partial charge in [0.15, 0.2) is 23.1 Å². The molecule has 8 nitrogen and oxygen atoms in total. The largest absolute Gasteiger partial charge is 0.507 e. The smallest absolute Gasteiger partial charge is 0.341 e. The topological polar surface area (TPSA) is 130 Å². The van der Waals surface area contributed by atoms with Crippen LogP contribution in [0.5, 0.6) is 23.0 Å². The summed E-state index contributed by atoms with van der Waals surface area (Å²) in [6.45, 7) is 1.38. The molecule has 0 aliphatic heterocycles. The van der Waals surface area contributed by atoms with Crippen molar-refractivity contribution in [2.24, 2.45) is 0 Å². The lowest BCUT2D eigenvalue weighted by molar-refractivity contribution is 0.0596. The van der Waals surface area contributed by atoms with Gasteiger partial charge in [0.2, 0.25) is 5.75 Å². The summed E-state index contributed by atoms with van der Waals surface area (Å²) in [4.78, 5) is 37.6. The third-order valence-corrected chi connectivity index (χ3v) is 4.33. The van der Waals surface area contributed by atoms with E-state index >= 15 is 0 Å². The minimum absolute atomic E-state index is 0.0438. The molecule has 0 bridgehead atoms. The zero-order chi connectivity index (χ0) is 19.3. The van der Waals surface area contributed by atoms with Crippen LogP contribution in [0.25, 0.3) is 0 Å². The van der Waals surface area contributed by atoms with E-state index in [0.717, 1.165) is 19.2 Å². The van der Waals surface area contributed by atoms with Crippen molar-refractivity contribution in [2.45, 2.75) is 6.92 Å². The highest BCUT2D eigenvalue weighted by atomic mass is 16.5. The monoisotopic (exact) mass is 358 g/mol. The van der Waals surface area contributed by atoms with Gasteiger partial charge in [-0.3, -0.25) is 9.59 Å². The molecule has 0 radical (unpaired) electrons. The van der Waals surface area contributed by atoms with Gasteiger partial charge in [-0.1, -0.05) is 0 Å². The van der Waals surface area contributed by atoms with Gasteiger partial charge in [0.1, 0.15) is 11.3 Å². The van der Waals surface area contributed by atoms with Crippen LogP contribution in [0.2, 0.25) is 0 Å². The number of ketones is 2. The second kappa shape index (κ2) is 5.76. The van der Waals surface area contributed by atoms with Gasteiger partial charge in [-0.2, -0.15) is 0 Å². The van der Waals surface area contributed by atoms with Crippen LogP contribution < -0.4 is 4.74 Å². The molecule has 1 aliphatic carbocycles. The fourth-order valence-electron chi connectivity index (χ4n) is 3.15. The van der Waals surface area contributed by atoms with Crippen molar-refractivity contribution in [1.82, 2.24) is 0 Å². The van der Waals surface area contributed by atoms with Gasteiger partial charge in [-0.15, -0.1) is 0 Å². The van der Waals surface area contributed by atoms with Crippen molar-refractivity contribution >= 4 is 17.5 Å². The van der Waals surface area contributed by atoms with Crippen LogP contribution in [-0.4, -0.2) is 47.1 Å². The van der Waals surface area contributed by atoms with Gasteiger partial charge in [0.25, 0.3) is 0 Å². The van der Waals surface area contributed by atoms with E-state index in [0.29, 0.717) is 0 Å². The third-order valence-electron chi connectivity index (χ3n) is 4.33. The predicted molar refractivity (Wildman–Crippen MR) is 87.4 cm³/mol. The van der Waals surface area contributed by atoms with Crippen LogP contribution in [0.3, 0.4) is 0 Å². The van der Waals surface area contributed by atoms with Crippen molar-refractivity contribution in [2.75, 3.05) is 14.2 Å². The Morgan fingerprint density at radius 3 is 2.08 bits per heavy atom. The normalized spacial score (nSPS) is 12.4. The number of benzene rings is 2. The fourth-order valence-corrected chi connectivity index (χ4v) is 3.15. The molecule has 0 fully saturated rings. The number of ether oxygens (including phenoxy) is 2. The number of esters is 1. The minimum Gasteiger partial charge on any atom is -0.507 e. The molecular formula is C18H14O8. The molecule has 2 aromatic carbocycles. The highest BCUT2D eigenvalue weighted by Crippen LogP contribution is 2.45. The summed E-state index contributed by atoms with van der Waals surface area (Å²) in [5, 5.41) is 30.3. The molecule has 0 aromatic heterocycles. The Labute approximate surface area is 147 Å². The molecular weight excluding hydrogens is 344 g/mol. The fraction of sp³-hybridized carbons (Fsp3) is 0.167. The van der Waals surface area contributed by atoms with Gasteiger partial charge < -0.3 is 24.8 Å². The first-order chi connectivity index (χ1) is 12.2. The number of hydrogen-bond donors (Lipinski definition) is 3. The van der Waals surface area contributed by atoms with Crippen LogP contribution >= 0.6 is 0 Å². The van der Waals surface area contributed by atoms with E-state index in [2.05, 4.69) is 4.74 Å². The van der Waals surface area contributed by atoms with E-state index in [1.807, 2.05) is 0 Å². The second-order valence-electron chi connectivity index (χ2n) is 5.67. The van der Waals surface area contributed by atoms with Gasteiger partial charge in [-0.25, -0.2) is 4.79 Å². The number of phenols is 3. The second-order valence-corrected chi connectivity index (χ2v) is 5.67. The number of carbonyl (C=O) groups excluding carboxylic acids is 3. The summed E-state index contributed by atoms with van der Waals surface area (Å²) in [6.07, 6.45) is 0. The van der Waals surface area contributed by atoms with Gasteiger partial charge in [0, 0.05) is 16.7 Å². The first-order valence-electron chi connectivity index (χ1n) is 7.41. The Hall–Kier alpha value is -3.55. The molecule has 0 heterocycles. The van der Waals surface area contributed by atoms with Crippen LogP contribution in [0, 0.1) is 6.92 Å². The van der Waals surface area contributed by atoms with Gasteiger partial charge in [-0.05, 0) is 24.6 Å². The molecule has 3 rings (SSSR count). The van der Waals surface area contributed by atoms with Crippen LogP contribution in [-0.2, 0) is 4.74 Å². The quantitative estimate of drug-likeness (QED) is 0.590. The lowest BCUT2D eigenvalue weighted by atomic mass is 9.79. The molecule has 134 valence electrons. The van der Waals surface area contributed by atoms with Gasteiger partial charge >= 0.3 is 5.97 Å². The Bertz CT molecular complexity index is 1000. The number of fused-ring (bicyclic) bond motifs is 2. The van der Waals surface area contributed by atoms with Crippen LogP contribution in [0.15, 0.2) is 12.1 Å². The molecule has 0 unspecified atom stereocenters. The highest BCUT2D eigenvalue weighted by Gasteiger charge is 2.38. The summed E-state index contributed by atoms with van der Waals surface area (Å²) < 4.78 is 9.46. The SMILES string of the molecule is COC(=O)c1c(O)cc2c(c1C)C(=O)c1c(cc(O)c(OC)c1O)C2=O. The Kier molecular flexibility index (Phi) is 3.83. The Morgan fingerprint density at radius 1 is 0.923 bits per heavy atom. The van der Waals surface area contributed by atoms with Crippen molar-refractivity contribution in [3.63, 3.8) is 0 Å². The van der Waals surface area contributed by atoms with E-state index in [-0.39, 0.29) is 39.1 Å². The average molecular weight is 358 g/mol. The number of rotatable bonds is 2. The maximum atomic E-state index is 13.0. The summed E-state index contributed by atoms with van der Waals surface area (Å²) in [5.41, 5.74) is -1.06. The lowest BCUT2D eigenvalue weighted by Crippen LogP contribution is -2.24. The number of phenolic OH excluding ortho intramolecular Hbond substituents is 3. The third kappa shape index (κ3) is 2.12. The number of methoxy groups -OCH3 is 2. The zero-order valence-corrected chi connectivity index (χ0v) is 14.0. The van der Waals surface area contributed by atoms with Crippen molar-refractivity contribution in [3.8, 4) is 23.0 Å². The molecule has 0 saturated heterocycles. The molecule has 1 aliphatic rings. The molecule has 0 saturated carbocycles. The summed E-state index contributed by atoms with van der Waals surface area (Å²) in [5.74, 6) is -4.37. The first-order valence-corrected chi connectivity index (χ1v) is 7.41. The van der Waals surface area contributed by atoms with E-state index < -0.39 is 34.8 Å².